The first kappa shape index (κ1) is 21.6. The minimum atomic E-state index is -1.25. The molecule has 3 aromatic carbocycles. The van der Waals surface area contributed by atoms with Crippen molar-refractivity contribution in [2.75, 3.05) is 11.5 Å². The van der Waals surface area contributed by atoms with Gasteiger partial charge in [0.05, 0.1) is 23.9 Å². The molecule has 1 amide bonds. The van der Waals surface area contributed by atoms with Gasteiger partial charge in [-0.1, -0.05) is 12.1 Å². The molecule has 1 saturated heterocycles. The number of phenolic OH excluding ortho intramolecular Hbond substituents is 1. The summed E-state index contributed by atoms with van der Waals surface area (Å²) >= 11 is 0. The van der Waals surface area contributed by atoms with E-state index in [0.717, 1.165) is 35.4 Å². The number of aryl methyl sites for hydroxylation is 1. The molecule has 1 atom stereocenters. The molecule has 172 valence electrons. The lowest BCUT2D eigenvalue weighted by atomic mass is 9.93. The Morgan fingerprint density at radius 1 is 1.03 bits per heavy atom. The Hall–Kier alpha value is -4.20. The first-order valence-electron chi connectivity index (χ1n) is 10.7. The number of ketones is 1. The fourth-order valence-corrected chi connectivity index (χ4v) is 4.43. The summed E-state index contributed by atoms with van der Waals surface area (Å²) in [5.41, 5.74) is 0.825. The second-order valence-corrected chi connectivity index (χ2v) is 8.13. The van der Waals surface area contributed by atoms with Gasteiger partial charge in [0, 0.05) is 11.6 Å². The second kappa shape index (κ2) is 8.30. The van der Waals surface area contributed by atoms with Crippen LogP contribution in [0.15, 0.2) is 66.2 Å². The molecule has 2 aliphatic heterocycles. The van der Waals surface area contributed by atoms with Gasteiger partial charge in [-0.2, -0.15) is 0 Å². The smallest absolute Gasteiger partial charge is 0.300 e. The third kappa shape index (κ3) is 3.57. The Morgan fingerprint density at radius 3 is 2.62 bits per heavy atom. The number of aliphatic hydroxyl groups excluding tert-OH is 1. The van der Waals surface area contributed by atoms with Gasteiger partial charge in [-0.15, -0.1) is 0 Å². The monoisotopic (exact) mass is 463 g/mol. The highest BCUT2D eigenvalue weighted by atomic mass is 19.1. The van der Waals surface area contributed by atoms with Gasteiger partial charge < -0.3 is 14.9 Å². The van der Waals surface area contributed by atoms with Crippen LogP contribution in [0.25, 0.3) is 5.76 Å². The average molecular weight is 463 g/mol. The molecular formula is C26H19F2NO5. The summed E-state index contributed by atoms with van der Waals surface area (Å²) in [6.07, 6.45) is 1.52. The molecule has 34 heavy (non-hydrogen) atoms. The summed E-state index contributed by atoms with van der Waals surface area (Å²) in [6.45, 7) is 0.587. The van der Waals surface area contributed by atoms with Crippen molar-refractivity contribution in [3.63, 3.8) is 0 Å². The number of ether oxygens (including phenoxy) is 1. The van der Waals surface area contributed by atoms with Crippen LogP contribution in [0, 0.1) is 11.6 Å². The number of phenols is 1. The zero-order valence-electron chi connectivity index (χ0n) is 17.8. The summed E-state index contributed by atoms with van der Waals surface area (Å²) < 4.78 is 33.9. The number of anilines is 1. The Kier molecular flexibility index (Phi) is 5.28. The van der Waals surface area contributed by atoms with Gasteiger partial charge in [0.2, 0.25) is 0 Å². The van der Waals surface area contributed by atoms with E-state index in [0.29, 0.717) is 24.0 Å². The highest BCUT2D eigenvalue weighted by molar-refractivity contribution is 6.51. The van der Waals surface area contributed by atoms with Crippen molar-refractivity contribution < 1.29 is 33.3 Å². The highest BCUT2D eigenvalue weighted by Crippen LogP contribution is 2.44. The van der Waals surface area contributed by atoms with E-state index in [1.165, 1.54) is 18.2 Å². The average Bonchev–Trinajstić information content (AvgIpc) is 3.09. The molecule has 3 aromatic rings. The predicted molar refractivity (Wildman–Crippen MR) is 120 cm³/mol. The van der Waals surface area contributed by atoms with Crippen LogP contribution >= 0.6 is 0 Å². The van der Waals surface area contributed by atoms with Crippen molar-refractivity contribution in [3.8, 4) is 11.5 Å². The number of hydrogen-bond donors (Lipinski definition) is 2. The van der Waals surface area contributed by atoms with Crippen LogP contribution in [-0.2, 0) is 16.0 Å². The lowest BCUT2D eigenvalue weighted by Gasteiger charge is -2.26. The maximum absolute atomic E-state index is 14.7. The largest absolute Gasteiger partial charge is 0.508 e. The summed E-state index contributed by atoms with van der Waals surface area (Å²) in [6, 6.07) is 12.1. The molecule has 0 aliphatic carbocycles. The zero-order chi connectivity index (χ0) is 24.0. The number of fused-ring (bicyclic) bond motifs is 1. The Labute approximate surface area is 193 Å². The fourth-order valence-electron chi connectivity index (χ4n) is 4.43. The van der Waals surface area contributed by atoms with Gasteiger partial charge in [-0.3, -0.25) is 14.5 Å². The number of aromatic hydroxyl groups is 1. The Bertz CT molecular complexity index is 1370. The summed E-state index contributed by atoms with van der Waals surface area (Å²) in [5, 5.41) is 21.2. The molecule has 2 aliphatic rings. The molecule has 2 N–H and O–H groups in total. The van der Waals surface area contributed by atoms with Crippen molar-refractivity contribution >= 4 is 23.1 Å². The minimum absolute atomic E-state index is 0.145. The molecule has 0 saturated carbocycles. The first-order chi connectivity index (χ1) is 16.3. The molecule has 6 nitrogen and oxygen atoms in total. The van der Waals surface area contributed by atoms with E-state index in [4.69, 9.17) is 4.74 Å². The highest BCUT2D eigenvalue weighted by Gasteiger charge is 2.48. The van der Waals surface area contributed by atoms with Crippen LogP contribution in [0.2, 0.25) is 0 Å². The van der Waals surface area contributed by atoms with Gasteiger partial charge in [0.1, 0.15) is 28.9 Å². The quantitative estimate of drug-likeness (QED) is 0.336. The van der Waals surface area contributed by atoms with Crippen LogP contribution in [0.3, 0.4) is 0 Å². The van der Waals surface area contributed by atoms with Crippen LogP contribution < -0.4 is 9.64 Å². The van der Waals surface area contributed by atoms with Gasteiger partial charge >= 0.3 is 0 Å². The number of Topliss-reactive ketones (excluding diaryl/α,β-unsaturated/α-hetero) is 1. The van der Waals surface area contributed by atoms with Gasteiger partial charge in [0.25, 0.3) is 11.7 Å². The van der Waals surface area contributed by atoms with Gasteiger partial charge in [0.15, 0.2) is 0 Å². The van der Waals surface area contributed by atoms with Crippen LogP contribution in [0.1, 0.15) is 29.2 Å². The van der Waals surface area contributed by atoms with E-state index in [1.54, 1.807) is 24.3 Å². The fraction of sp³-hybridized carbons (Fsp3) is 0.154. The van der Waals surface area contributed by atoms with E-state index in [2.05, 4.69) is 0 Å². The number of amides is 1. The van der Waals surface area contributed by atoms with E-state index in [9.17, 15) is 28.6 Å². The number of aliphatic hydroxyl groups is 1. The number of halogens is 2. The Balaban J connectivity index is 1.72. The van der Waals surface area contributed by atoms with E-state index >= 15 is 0 Å². The maximum atomic E-state index is 14.7. The molecule has 0 radical (unpaired) electrons. The zero-order valence-corrected chi connectivity index (χ0v) is 17.8. The molecule has 0 bridgehead atoms. The molecule has 1 fully saturated rings. The lowest BCUT2D eigenvalue weighted by Crippen LogP contribution is -2.30. The third-order valence-corrected chi connectivity index (χ3v) is 5.98. The standard InChI is InChI=1S/C26H19F2NO5/c27-17-7-8-20(19(28)13-17)29-23(15-3-1-5-18(30)12-15)22(25(32)26(29)33)24(31)16-6-9-21-14(11-16)4-2-10-34-21/h1,3,5-9,11-13,23,30-31H,2,4,10H2/b24-22-. The molecular weight excluding hydrogens is 444 g/mol. The number of benzene rings is 3. The number of rotatable bonds is 3. The van der Waals surface area contributed by atoms with Crippen molar-refractivity contribution in [3.05, 3.63) is 94.6 Å². The topological polar surface area (TPSA) is 87.1 Å². The van der Waals surface area contributed by atoms with E-state index < -0.39 is 35.1 Å². The van der Waals surface area contributed by atoms with Crippen LogP contribution in [0.5, 0.6) is 11.5 Å². The molecule has 0 spiro atoms. The number of carbonyl (C=O) groups excluding carboxylic acids is 2. The van der Waals surface area contributed by atoms with Crippen LogP contribution in [0.4, 0.5) is 14.5 Å². The summed E-state index contributed by atoms with van der Waals surface area (Å²) in [4.78, 5) is 27.1. The molecule has 2 heterocycles. The van der Waals surface area contributed by atoms with E-state index in [1.807, 2.05) is 0 Å². The third-order valence-electron chi connectivity index (χ3n) is 5.98. The minimum Gasteiger partial charge on any atom is -0.508 e. The lowest BCUT2D eigenvalue weighted by molar-refractivity contribution is -0.132. The molecule has 0 aromatic heterocycles. The first-order valence-corrected chi connectivity index (χ1v) is 10.7. The van der Waals surface area contributed by atoms with Crippen molar-refractivity contribution in [1.29, 1.82) is 0 Å². The number of carbonyl (C=O) groups is 2. The van der Waals surface area contributed by atoms with Gasteiger partial charge in [-0.25, -0.2) is 8.78 Å². The van der Waals surface area contributed by atoms with Gasteiger partial charge in [-0.05, 0) is 66.4 Å². The van der Waals surface area contributed by atoms with Crippen molar-refractivity contribution in [2.24, 2.45) is 0 Å². The molecule has 5 rings (SSSR count). The van der Waals surface area contributed by atoms with Crippen LogP contribution in [-0.4, -0.2) is 28.5 Å². The summed E-state index contributed by atoms with van der Waals surface area (Å²) in [5.74, 6) is -3.90. The maximum Gasteiger partial charge on any atom is 0.300 e. The normalized spacial score (nSPS) is 19.1. The molecule has 1 unspecified atom stereocenters. The van der Waals surface area contributed by atoms with E-state index in [-0.39, 0.29) is 22.6 Å². The van der Waals surface area contributed by atoms with Crippen molar-refractivity contribution in [1.82, 2.24) is 0 Å². The number of nitrogens with zero attached hydrogens (tertiary/aromatic N) is 1. The van der Waals surface area contributed by atoms with Crippen molar-refractivity contribution in [2.45, 2.75) is 18.9 Å². The predicted octanol–water partition coefficient (Wildman–Crippen LogP) is 4.62. The second-order valence-electron chi connectivity index (χ2n) is 8.13. The molecule has 8 heteroatoms. The Morgan fingerprint density at radius 2 is 1.85 bits per heavy atom. The summed E-state index contributed by atoms with van der Waals surface area (Å²) in [7, 11) is 0. The number of hydrogen-bond acceptors (Lipinski definition) is 5. The SMILES string of the molecule is O=C1C(=O)N(c2ccc(F)cc2F)C(c2cccc(O)c2)/C1=C(/O)c1ccc2c(c1)CCCO2.